The van der Waals surface area contributed by atoms with Crippen LogP contribution in [0.1, 0.15) is 24.2 Å². The fourth-order valence-corrected chi connectivity index (χ4v) is 3.78. The van der Waals surface area contributed by atoms with Gasteiger partial charge in [-0.25, -0.2) is 9.97 Å². The van der Waals surface area contributed by atoms with E-state index >= 15 is 0 Å². The van der Waals surface area contributed by atoms with Crippen molar-refractivity contribution in [3.63, 3.8) is 0 Å². The molecule has 162 valence electrons. The van der Waals surface area contributed by atoms with E-state index in [0.29, 0.717) is 12.4 Å². The monoisotopic (exact) mass is 430 g/mol. The molecule has 2 aromatic rings. The van der Waals surface area contributed by atoms with Crippen LogP contribution in [0.15, 0.2) is 24.5 Å². The van der Waals surface area contributed by atoms with Gasteiger partial charge >= 0.3 is 0 Å². The van der Waals surface area contributed by atoms with Crippen LogP contribution < -0.4 is 10.1 Å². The molecule has 1 fully saturated rings. The van der Waals surface area contributed by atoms with Gasteiger partial charge in [-0.3, -0.25) is 9.00 Å². The molecule has 1 aliphatic rings. The lowest BCUT2D eigenvalue weighted by molar-refractivity contribution is -0.117. The molecule has 0 radical (unpaired) electrons. The molecule has 1 atom stereocenters. The predicted octanol–water partition coefficient (Wildman–Crippen LogP) is 2.80. The standard InChI is InChI=1S/C22H30N4O3S/c1-15-21(16(2)24-14-23-15)19-13-18(25-22(27)17-5-6-17)7-8-20(19)29-11-9-26(3)10-12-30(4)28/h7-8,13-14,17H,5-6,9-12H2,1-4H3,(H,25,27). The van der Waals surface area contributed by atoms with Crippen molar-refractivity contribution in [3.8, 4) is 16.9 Å². The Morgan fingerprint density at radius 2 is 1.93 bits per heavy atom. The molecular formula is C22H30N4O3S. The van der Waals surface area contributed by atoms with Gasteiger partial charge in [0.15, 0.2) is 0 Å². The van der Waals surface area contributed by atoms with E-state index < -0.39 is 10.8 Å². The number of ether oxygens (including phenoxy) is 1. The molecule has 0 bridgehead atoms. The van der Waals surface area contributed by atoms with Crippen molar-refractivity contribution in [2.75, 3.05) is 44.1 Å². The normalized spacial score (nSPS) is 14.6. The van der Waals surface area contributed by atoms with Crippen LogP contribution in [0.25, 0.3) is 11.1 Å². The van der Waals surface area contributed by atoms with Crippen LogP contribution in [0.5, 0.6) is 5.75 Å². The number of likely N-dealkylation sites (N-methyl/N-ethyl adjacent to an activating group) is 1. The van der Waals surface area contributed by atoms with Crippen molar-refractivity contribution >= 4 is 22.4 Å². The summed E-state index contributed by atoms with van der Waals surface area (Å²) in [5.74, 6) is 1.59. The number of anilines is 1. The van der Waals surface area contributed by atoms with Crippen molar-refractivity contribution in [1.82, 2.24) is 14.9 Å². The largest absolute Gasteiger partial charge is 0.492 e. The van der Waals surface area contributed by atoms with Gasteiger partial charge < -0.3 is 15.0 Å². The number of aromatic nitrogens is 2. The van der Waals surface area contributed by atoms with Crippen molar-refractivity contribution in [2.24, 2.45) is 5.92 Å². The number of amides is 1. The van der Waals surface area contributed by atoms with Crippen molar-refractivity contribution < 1.29 is 13.7 Å². The maximum absolute atomic E-state index is 12.2. The molecule has 0 saturated heterocycles. The van der Waals surface area contributed by atoms with Gasteiger partial charge in [-0.2, -0.15) is 0 Å². The molecule has 1 aromatic heterocycles. The minimum absolute atomic E-state index is 0.0716. The highest BCUT2D eigenvalue weighted by Gasteiger charge is 2.29. The Morgan fingerprint density at radius 1 is 1.23 bits per heavy atom. The van der Waals surface area contributed by atoms with Gasteiger partial charge in [0.2, 0.25) is 5.91 Å². The second-order valence-corrected chi connectivity index (χ2v) is 9.38. The van der Waals surface area contributed by atoms with E-state index in [-0.39, 0.29) is 11.8 Å². The van der Waals surface area contributed by atoms with E-state index in [0.717, 1.165) is 59.9 Å². The number of aryl methyl sites for hydroxylation is 2. The van der Waals surface area contributed by atoms with Crippen LogP contribution in [0.4, 0.5) is 5.69 Å². The minimum Gasteiger partial charge on any atom is -0.492 e. The Labute approximate surface area is 180 Å². The SMILES string of the molecule is Cc1ncnc(C)c1-c1cc(NC(=O)C2CC2)ccc1OCCN(C)CCS(C)=O. The summed E-state index contributed by atoms with van der Waals surface area (Å²) in [5.41, 5.74) is 4.27. The molecule has 30 heavy (non-hydrogen) atoms. The summed E-state index contributed by atoms with van der Waals surface area (Å²) in [7, 11) is 1.19. The molecule has 0 aliphatic heterocycles. The first-order chi connectivity index (χ1) is 14.3. The summed E-state index contributed by atoms with van der Waals surface area (Å²) < 4.78 is 17.4. The Hall–Kier alpha value is -2.32. The van der Waals surface area contributed by atoms with Crippen molar-refractivity contribution in [1.29, 1.82) is 0 Å². The van der Waals surface area contributed by atoms with Crippen LogP contribution >= 0.6 is 0 Å². The first-order valence-corrected chi connectivity index (χ1v) is 11.9. The minimum atomic E-state index is -0.799. The molecular weight excluding hydrogens is 400 g/mol. The second-order valence-electron chi connectivity index (χ2n) is 7.82. The molecule has 1 saturated carbocycles. The van der Waals surface area contributed by atoms with Gasteiger partial charge in [-0.05, 0) is 51.9 Å². The molecule has 1 unspecified atom stereocenters. The first-order valence-electron chi connectivity index (χ1n) is 10.2. The Morgan fingerprint density at radius 3 is 2.57 bits per heavy atom. The molecule has 8 heteroatoms. The highest BCUT2D eigenvalue weighted by Crippen LogP contribution is 2.36. The van der Waals surface area contributed by atoms with E-state index in [9.17, 15) is 9.00 Å². The van der Waals surface area contributed by atoms with Crippen LogP contribution in [-0.2, 0) is 15.6 Å². The van der Waals surface area contributed by atoms with Crippen molar-refractivity contribution in [2.45, 2.75) is 26.7 Å². The zero-order valence-corrected chi connectivity index (χ0v) is 18.9. The van der Waals surface area contributed by atoms with E-state index in [4.69, 9.17) is 4.74 Å². The highest BCUT2D eigenvalue weighted by atomic mass is 32.2. The van der Waals surface area contributed by atoms with Gasteiger partial charge in [0, 0.05) is 70.0 Å². The number of nitrogens with zero attached hydrogens (tertiary/aromatic N) is 3. The number of hydrogen-bond acceptors (Lipinski definition) is 6. The lowest BCUT2D eigenvalue weighted by Crippen LogP contribution is -2.28. The Balaban J connectivity index is 1.79. The molecule has 1 aliphatic carbocycles. The quantitative estimate of drug-likeness (QED) is 0.624. The molecule has 0 spiro atoms. The summed E-state index contributed by atoms with van der Waals surface area (Å²) in [6.45, 7) is 5.87. The average Bonchev–Trinajstić information content (AvgIpc) is 3.53. The van der Waals surface area contributed by atoms with E-state index in [2.05, 4.69) is 20.2 Å². The summed E-state index contributed by atoms with van der Waals surface area (Å²) in [5, 5.41) is 3.01. The van der Waals surface area contributed by atoms with Gasteiger partial charge in [0.05, 0.1) is 0 Å². The Kier molecular flexibility index (Phi) is 7.55. The van der Waals surface area contributed by atoms with Crippen molar-refractivity contribution in [3.05, 3.63) is 35.9 Å². The zero-order chi connectivity index (χ0) is 21.7. The third-order valence-electron chi connectivity index (χ3n) is 5.18. The third kappa shape index (κ3) is 6.09. The fourth-order valence-electron chi connectivity index (χ4n) is 3.21. The third-order valence-corrected chi connectivity index (χ3v) is 5.94. The summed E-state index contributed by atoms with van der Waals surface area (Å²) in [4.78, 5) is 23.0. The number of carbonyl (C=O) groups excluding carboxylic acids is 1. The average molecular weight is 431 g/mol. The smallest absolute Gasteiger partial charge is 0.227 e. The number of benzene rings is 1. The second kappa shape index (κ2) is 10.1. The van der Waals surface area contributed by atoms with Crippen LogP contribution in [0.2, 0.25) is 0 Å². The lowest BCUT2D eigenvalue weighted by Gasteiger charge is -2.19. The van der Waals surface area contributed by atoms with Crippen LogP contribution in [0.3, 0.4) is 0 Å². The first kappa shape index (κ1) is 22.4. The molecule has 3 rings (SSSR count). The topological polar surface area (TPSA) is 84.4 Å². The highest BCUT2D eigenvalue weighted by molar-refractivity contribution is 7.84. The van der Waals surface area contributed by atoms with Gasteiger partial charge in [0.1, 0.15) is 18.7 Å². The van der Waals surface area contributed by atoms with Gasteiger partial charge in [0.25, 0.3) is 0 Å². The zero-order valence-electron chi connectivity index (χ0n) is 18.1. The van der Waals surface area contributed by atoms with E-state index in [1.54, 1.807) is 12.6 Å². The van der Waals surface area contributed by atoms with Gasteiger partial charge in [-0.15, -0.1) is 0 Å². The van der Waals surface area contributed by atoms with E-state index in [1.165, 1.54) is 0 Å². The maximum atomic E-state index is 12.2. The number of carbonyl (C=O) groups is 1. The van der Waals surface area contributed by atoms with Crippen LogP contribution in [0, 0.1) is 19.8 Å². The number of hydrogen-bond donors (Lipinski definition) is 1. The Bertz CT molecular complexity index is 910. The summed E-state index contributed by atoms with van der Waals surface area (Å²) >= 11 is 0. The van der Waals surface area contributed by atoms with E-state index in [1.807, 2.05) is 39.1 Å². The predicted molar refractivity (Wildman–Crippen MR) is 120 cm³/mol. The van der Waals surface area contributed by atoms with Gasteiger partial charge in [-0.1, -0.05) is 0 Å². The molecule has 1 N–H and O–H groups in total. The number of rotatable bonds is 10. The summed E-state index contributed by atoms with van der Waals surface area (Å²) in [6, 6.07) is 5.71. The number of nitrogens with one attached hydrogen (secondary N) is 1. The molecule has 1 amide bonds. The lowest BCUT2D eigenvalue weighted by atomic mass is 10.0. The maximum Gasteiger partial charge on any atom is 0.227 e. The molecule has 1 heterocycles. The summed E-state index contributed by atoms with van der Waals surface area (Å²) in [6.07, 6.45) is 5.19. The van der Waals surface area contributed by atoms with Crippen LogP contribution in [-0.4, -0.2) is 63.7 Å². The molecule has 1 aromatic carbocycles. The molecule has 7 nitrogen and oxygen atoms in total. The fraction of sp³-hybridized carbons (Fsp3) is 0.500.